The molecule has 2 rings (SSSR count). The summed E-state index contributed by atoms with van der Waals surface area (Å²) in [6.45, 7) is 4.36. The van der Waals surface area contributed by atoms with Gasteiger partial charge in [-0.15, -0.1) is 0 Å². The SMILES string of the molecule is Cc1ccc(NC(=O)CCNc2ccccc2F)c(C)c1. The van der Waals surface area contributed by atoms with E-state index in [4.69, 9.17) is 0 Å². The minimum Gasteiger partial charge on any atom is -0.382 e. The molecule has 0 radical (unpaired) electrons. The maximum atomic E-state index is 13.4. The lowest BCUT2D eigenvalue weighted by Gasteiger charge is -2.10. The Morgan fingerprint density at radius 2 is 1.86 bits per heavy atom. The Bertz CT molecular complexity index is 640. The molecule has 0 aromatic heterocycles. The lowest BCUT2D eigenvalue weighted by atomic mass is 10.1. The van der Waals surface area contributed by atoms with Crippen molar-refractivity contribution >= 4 is 17.3 Å². The number of hydrogen-bond donors (Lipinski definition) is 2. The lowest BCUT2D eigenvalue weighted by Crippen LogP contribution is -2.17. The number of anilines is 2. The van der Waals surface area contributed by atoms with Crippen molar-refractivity contribution in [1.29, 1.82) is 0 Å². The molecule has 3 nitrogen and oxygen atoms in total. The molecule has 2 N–H and O–H groups in total. The summed E-state index contributed by atoms with van der Waals surface area (Å²) in [6.07, 6.45) is 0.279. The van der Waals surface area contributed by atoms with E-state index in [1.54, 1.807) is 18.2 Å². The summed E-state index contributed by atoms with van der Waals surface area (Å²) in [5.74, 6) is -0.405. The molecule has 0 aliphatic heterocycles. The highest BCUT2D eigenvalue weighted by Crippen LogP contribution is 2.16. The van der Waals surface area contributed by atoms with Gasteiger partial charge >= 0.3 is 0 Å². The Kier molecular flexibility index (Phi) is 4.93. The second kappa shape index (κ2) is 6.88. The molecule has 0 atom stereocenters. The van der Waals surface area contributed by atoms with Crippen LogP contribution in [-0.4, -0.2) is 12.5 Å². The predicted molar refractivity (Wildman–Crippen MR) is 84.1 cm³/mol. The van der Waals surface area contributed by atoms with Gasteiger partial charge in [-0.3, -0.25) is 4.79 Å². The summed E-state index contributed by atoms with van der Waals surface area (Å²) in [7, 11) is 0. The van der Waals surface area contributed by atoms with Gasteiger partial charge in [-0.1, -0.05) is 29.8 Å². The number of carbonyl (C=O) groups is 1. The monoisotopic (exact) mass is 286 g/mol. The fraction of sp³-hybridized carbons (Fsp3) is 0.235. The first-order valence-corrected chi connectivity index (χ1v) is 6.92. The van der Waals surface area contributed by atoms with Crippen molar-refractivity contribution in [3.63, 3.8) is 0 Å². The first-order chi connectivity index (χ1) is 10.1. The molecule has 0 saturated carbocycles. The zero-order valence-electron chi connectivity index (χ0n) is 12.2. The van der Waals surface area contributed by atoms with Crippen LogP contribution in [0.25, 0.3) is 0 Å². The van der Waals surface area contributed by atoms with E-state index in [9.17, 15) is 9.18 Å². The number of halogens is 1. The average Bonchev–Trinajstić information content (AvgIpc) is 2.44. The molecule has 0 spiro atoms. The molecule has 0 unspecified atom stereocenters. The molecule has 0 fully saturated rings. The molecular formula is C17H19FN2O. The molecule has 4 heteroatoms. The summed E-state index contributed by atoms with van der Waals surface area (Å²) < 4.78 is 13.4. The summed E-state index contributed by atoms with van der Waals surface area (Å²) in [4.78, 5) is 11.9. The van der Waals surface area contributed by atoms with Crippen molar-refractivity contribution in [2.24, 2.45) is 0 Å². The van der Waals surface area contributed by atoms with E-state index in [1.165, 1.54) is 6.07 Å². The topological polar surface area (TPSA) is 41.1 Å². The van der Waals surface area contributed by atoms with Crippen LogP contribution in [0.3, 0.4) is 0 Å². The van der Waals surface area contributed by atoms with Crippen LogP contribution in [0.15, 0.2) is 42.5 Å². The number of aryl methyl sites for hydroxylation is 2. The van der Waals surface area contributed by atoms with Crippen molar-refractivity contribution in [1.82, 2.24) is 0 Å². The number of para-hydroxylation sites is 1. The predicted octanol–water partition coefficient (Wildman–Crippen LogP) is 3.88. The highest BCUT2D eigenvalue weighted by atomic mass is 19.1. The van der Waals surface area contributed by atoms with Crippen molar-refractivity contribution in [3.8, 4) is 0 Å². The number of hydrogen-bond acceptors (Lipinski definition) is 2. The highest BCUT2D eigenvalue weighted by Gasteiger charge is 2.05. The van der Waals surface area contributed by atoms with Crippen LogP contribution in [-0.2, 0) is 4.79 Å². The molecule has 1 amide bonds. The number of carbonyl (C=O) groups excluding carboxylic acids is 1. The smallest absolute Gasteiger partial charge is 0.226 e. The van der Waals surface area contributed by atoms with Crippen LogP contribution in [0.2, 0.25) is 0 Å². The van der Waals surface area contributed by atoms with Gasteiger partial charge < -0.3 is 10.6 Å². The second-order valence-electron chi connectivity index (χ2n) is 5.02. The van der Waals surface area contributed by atoms with Crippen LogP contribution in [0, 0.1) is 19.7 Å². The third kappa shape index (κ3) is 4.31. The molecule has 0 bridgehead atoms. The Morgan fingerprint density at radius 3 is 2.57 bits per heavy atom. The Labute approximate surface area is 124 Å². The molecule has 0 saturated heterocycles. The second-order valence-corrected chi connectivity index (χ2v) is 5.02. The Hall–Kier alpha value is -2.36. The summed E-state index contributed by atoms with van der Waals surface area (Å²) in [5.41, 5.74) is 3.42. The molecule has 110 valence electrons. The zero-order valence-corrected chi connectivity index (χ0v) is 12.2. The third-order valence-electron chi connectivity index (χ3n) is 3.20. The van der Waals surface area contributed by atoms with Gasteiger partial charge in [-0.05, 0) is 37.6 Å². The number of nitrogens with one attached hydrogen (secondary N) is 2. The largest absolute Gasteiger partial charge is 0.382 e. The molecule has 2 aromatic rings. The number of benzene rings is 2. The number of amides is 1. The average molecular weight is 286 g/mol. The van der Waals surface area contributed by atoms with E-state index in [0.717, 1.165) is 16.8 Å². The van der Waals surface area contributed by atoms with Crippen LogP contribution in [0.4, 0.5) is 15.8 Å². The van der Waals surface area contributed by atoms with E-state index >= 15 is 0 Å². The summed E-state index contributed by atoms with van der Waals surface area (Å²) in [5, 5.41) is 5.78. The zero-order chi connectivity index (χ0) is 15.2. The first kappa shape index (κ1) is 15.0. The van der Waals surface area contributed by atoms with E-state index in [-0.39, 0.29) is 18.1 Å². The van der Waals surface area contributed by atoms with Crippen molar-refractivity contribution in [2.75, 3.05) is 17.2 Å². The van der Waals surface area contributed by atoms with Gasteiger partial charge in [0.2, 0.25) is 5.91 Å². The number of rotatable bonds is 5. The van der Waals surface area contributed by atoms with Crippen LogP contribution in [0.5, 0.6) is 0 Å². The summed E-state index contributed by atoms with van der Waals surface area (Å²) in [6, 6.07) is 12.3. The maximum Gasteiger partial charge on any atom is 0.226 e. The van der Waals surface area contributed by atoms with Gasteiger partial charge in [-0.2, -0.15) is 0 Å². The van der Waals surface area contributed by atoms with Gasteiger partial charge in [-0.25, -0.2) is 4.39 Å². The van der Waals surface area contributed by atoms with Gasteiger partial charge in [0.1, 0.15) is 5.82 Å². The van der Waals surface area contributed by atoms with Crippen molar-refractivity contribution in [3.05, 3.63) is 59.4 Å². The first-order valence-electron chi connectivity index (χ1n) is 6.92. The molecule has 0 aliphatic carbocycles. The van der Waals surface area contributed by atoms with Crippen LogP contribution >= 0.6 is 0 Å². The minimum atomic E-state index is -0.313. The van der Waals surface area contributed by atoms with E-state index in [1.807, 2.05) is 32.0 Å². The maximum absolute atomic E-state index is 13.4. The summed E-state index contributed by atoms with van der Waals surface area (Å²) >= 11 is 0. The van der Waals surface area contributed by atoms with Gasteiger partial charge in [0.25, 0.3) is 0 Å². The van der Waals surface area contributed by atoms with Crippen molar-refractivity contribution in [2.45, 2.75) is 20.3 Å². The van der Waals surface area contributed by atoms with Gasteiger partial charge in [0.15, 0.2) is 0 Å². The lowest BCUT2D eigenvalue weighted by molar-refractivity contribution is -0.115. The molecular weight excluding hydrogens is 267 g/mol. The normalized spacial score (nSPS) is 10.2. The van der Waals surface area contributed by atoms with Crippen molar-refractivity contribution < 1.29 is 9.18 Å². The molecule has 21 heavy (non-hydrogen) atoms. The fourth-order valence-corrected chi connectivity index (χ4v) is 2.08. The highest BCUT2D eigenvalue weighted by molar-refractivity contribution is 5.91. The fourth-order valence-electron chi connectivity index (χ4n) is 2.08. The molecule has 0 aliphatic rings. The minimum absolute atomic E-state index is 0.0919. The standard InChI is InChI=1S/C17H19FN2O/c1-12-7-8-15(13(2)11-12)20-17(21)9-10-19-16-6-4-3-5-14(16)18/h3-8,11,19H,9-10H2,1-2H3,(H,20,21). The van der Waals surface area contributed by atoms with E-state index in [2.05, 4.69) is 10.6 Å². The molecule has 2 aromatic carbocycles. The Balaban J connectivity index is 1.84. The van der Waals surface area contributed by atoms with Gasteiger partial charge in [0.05, 0.1) is 5.69 Å². The Morgan fingerprint density at radius 1 is 1.10 bits per heavy atom. The van der Waals surface area contributed by atoms with Crippen LogP contribution < -0.4 is 10.6 Å². The quantitative estimate of drug-likeness (QED) is 0.875. The van der Waals surface area contributed by atoms with E-state index < -0.39 is 0 Å². The van der Waals surface area contributed by atoms with Crippen LogP contribution in [0.1, 0.15) is 17.5 Å². The van der Waals surface area contributed by atoms with Gasteiger partial charge in [0, 0.05) is 18.7 Å². The van der Waals surface area contributed by atoms with E-state index in [0.29, 0.717) is 12.2 Å². The third-order valence-corrected chi connectivity index (χ3v) is 3.20. The molecule has 0 heterocycles.